The Labute approximate surface area is 102 Å². The number of amides is 2. The number of fused-ring (bicyclic) bond motifs is 2. The molecule has 2 amide bonds. The third kappa shape index (κ3) is 1.46. The van der Waals surface area contributed by atoms with Gasteiger partial charge in [0.05, 0.1) is 5.54 Å². The molecule has 3 aliphatic rings. The van der Waals surface area contributed by atoms with Crippen LogP contribution in [0.25, 0.3) is 0 Å². The van der Waals surface area contributed by atoms with Crippen molar-refractivity contribution < 1.29 is 9.59 Å². The third-order valence-electron chi connectivity index (χ3n) is 4.95. The molecule has 94 valence electrons. The lowest BCUT2D eigenvalue weighted by atomic mass is 9.87. The quantitative estimate of drug-likeness (QED) is 0.740. The minimum atomic E-state index is -0.421. The summed E-state index contributed by atoms with van der Waals surface area (Å²) >= 11 is 0. The maximum absolute atomic E-state index is 12.4. The zero-order valence-corrected chi connectivity index (χ0v) is 10.3. The molecule has 3 fully saturated rings. The van der Waals surface area contributed by atoms with Crippen molar-refractivity contribution in [3.8, 4) is 0 Å². The van der Waals surface area contributed by atoms with Crippen LogP contribution in [0.1, 0.15) is 39.0 Å². The number of nitrogens with two attached hydrogens (primary N) is 1. The van der Waals surface area contributed by atoms with E-state index < -0.39 is 5.54 Å². The number of hydrogen-bond acceptors (Lipinski definition) is 3. The van der Waals surface area contributed by atoms with E-state index in [1.807, 2.05) is 6.92 Å². The second-order valence-electron chi connectivity index (χ2n) is 6.05. The van der Waals surface area contributed by atoms with Gasteiger partial charge in [-0.2, -0.15) is 0 Å². The standard InChI is InChI=1S/C13H20N2O2/c1-13(7-14,10-4-5-10)15-11(16)8-2-3-9(6-8)12(15)17/h8-10H,2-7,14H2,1H3. The zero-order chi connectivity index (χ0) is 12.2. The number of rotatable bonds is 3. The number of nitrogens with zero attached hydrogens (tertiary/aromatic N) is 1. The van der Waals surface area contributed by atoms with Crippen LogP contribution in [0.15, 0.2) is 0 Å². The molecule has 1 saturated heterocycles. The molecule has 1 aliphatic heterocycles. The summed E-state index contributed by atoms with van der Waals surface area (Å²) in [5.74, 6) is 0.690. The Morgan fingerprint density at radius 3 is 2.12 bits per heavy atom. The summed E-state index contributed by atoms with van der Waals surface area (Å²) in [4.78, 5) is 26.3. The fourth-order valence-electron chi connectivity index (χ4n) is 3.55. The normalized spacial score (nSPS) is 36.2. The van der Waals surface area contributed by atoms with Crippen LogP contribution in [0.2, 0.25) is 0 Å². The fraction of sp³-hybridized carbons (Fsp3) is 0.846. The summed E-state index contributed by atoms with van der Waals surface area (Å²) in [6.07, 6.45) is 4.74. The molecule has 0 aromatic rings. The molecule has 4 nitrogen and oxygen atoms in total. The van der Waals surface area contributed by atoms with Crippen molar-refractivity contribution in [3.63, 3.8) is 0 Å². The maximum Gasteiger partial charge on any atom is 0.232 e. The molecule has 0 radical (unpaired) electrons. The summed E-state index contributed by atoms with van der Waals surface area (Å²) in [6, 6.07) is 0. The summed E-state index contributed by atoms with van der Waals surface area (Å²) in [6.45, 7) is 2.39. The molecule has 3 rings (SSSR count). The van der Waals surface area contributed by atoms with E-state index in [1.165, 1.54) is 0 Å². The van der Waals surface area contributed by atoms with Crippen LogP contribution in [0.4, 0.5) is 0 Å². The van der Waals surface area contributed by atoms with Gasteiger partial charge in [0.15, 0.2) is 0 Å². The Bertz CT molecular complexity index is 356. The van der Waals surface area contributed by atoms with E-state index in [0.29, 0.717) is 12.5 Å². The van der Waals surface area contributed by atoms with E-state index in [0.717, 1.165) is 32.1 Å². The van der Waals surface area contributed by atoms with Gasteiger partial charge in [0, 0.05) is 18.4 Å². The molecule has 3 unspecified atom stereocenters. The van der Waals surface area contributed by atoms with Gasteiger partial charge in [-0.05, 0) is 44.9 Å². The van der Waals surface area contributed by atoms with Gasteiger partial charge >= 0.3 is 0 Å². The predicted octanol–water partition coefficient (Wildman–Crippen LogP) is 0.899. The van der Waals surface area contributed by atoms with E-state index in [-0.39, 0.29) is 23.7 Å². The minimum absolute atomic E-state index is 0.0450. The molecule has 2 N–H and O–H groups in total. The van der Waals surface area contributed by atoms with E-state index in [4.69, 9.17) is 5.73 Å². The molecule has 2 bridgehead atoms. The molecule has 17 heavy (non-hydrogen) atoms. The van der Waals surface area contributed by atoms with E-state index in [2.05, 4.69) is 0 Å². The van der Waals surface area contributed by atoms with Crippen LogP contribution in [0, 0.1) is 17.8 Å². The first kappa shape index (κ1) is 11.2. The highest BCUT2D eigenvalue weighted by molar-refractivity contribution is 6.01. The molecular formula is C13H20N2O2. The predicted molar refractivity (Wildman–Crippen MR) is 62.9 cm³/mol. The smallest absolute Gasteiger partial charge is 0.232 e. The van der Waals surface area contributed by atoms with Gasteiger partial charge in [0.25, 0.3) is 0 Å². The topological polar surface area (TPSA) is 63.4 Å². The number of likely N-dealkylation sites (tertiary alicyclic amines) is 1. The van der Waals surface area contributed by atoms with Crippen molar-refractivity contribution in [3.05, 3.63) is 0 Å². The Kier molecular flexibility index (Phi) is 2.34. The fourth-order valence-corrected chi connectivity index (χ4v) is 3.55. The van der Waals surface area contributed by atoms with Crippen LogP contribution < -0.4 is 5.73 Å². The Morgan fingerprint density at radius 1 is 1.18 bits per heavy atom. The number of carbonyl (C=O) groups is 2. The zero-order valence-electron chi connectivity index (χ0n) is 10.3. The maximum atomic E-state index is 12.4. The average Bonchev–Trinajstić information content (AvgIpc) is 3.07. The lowest BCUT2D eigenvalue weighted by Crippen LogP contribution is -2.62. The first-order chi connectivity index (χ1) is 8.08. The van der Waals surface area contributed by atoms with Crippen LogP contribution in [0.3, 0.4) is 0 Å². The summed E-state index contributed by atoms with van der Waals surface area (Å²) in [5, 5.41) is 0. The second-order valence-corrected chi connectivity index (χ2v) is 6.05. The molecular weight excluding hydrogens is 216 g/mol. The van der Waals surface area contributed by atoms with E-state index in [9.17, 15) is 9.59 Å². The second kappa shape index (κ2) is 3.55. The molecule has 0 spiro atoms. The van der Waals surface area contributed by atoms with E-state index >= 15 is 0 Å². The highest BCUT2D eigenvalue weighted by Crippen LogP contribution is 2.47. The van der Waals surface area contributed by atoms with Gasteiger partial charge in [0.1, 0.15) is 0 Å². The van der Waals surface area contributed by atoms with Gasteiger partial charge in [-0.1, -0.05) is 0 Å². The van der Waals surface area contributed by atoms with Crippen LogP contribution in [0.5, 0.6) is 0 Å². The van der Waals surface area contributed by atoms with Crippen molar-refractivity contribution >= 4 is 11.8 Å². The van der Waals surface area contributed by atoms with Crippen LogP contribution in [-0.4, -0.2) is 28.8 Å². The first-order valence-electron chi connectivity index (χ1n) is 6.66. The van der Waals surface area contributed by atoms with Crippen molar-refractivity contribution in [1.82, 2.24) is 4.90 Å². The van der Waals surface area contributed by atoms with Gasteiger partial charge in [0.2, 0.25) is 11.8 Å². The van der Waals surface area contributed by atoms with Gasteiger partial charge in [-0.15, -0.1) is 0 Å². The van der Waals surface area contributed by atoms with Crippen molar-refractivity contribution in [2.24, 2.45) is 23.5 Å². The lowest BCUT2D eigenvalue weighted by Gasteiger charge is -2.43. The van der Waals surface area contributed by atoms with E-state index in [1.54, 1.807) is 4.90 Å². The molecule has 0 aromatic heterocycles. The van der Waals surface area contributed by atoms with Gasteiger partial charge in [-0.3, -0.25) is 14.5 Å². The Balaban J connectivity index is 1.95. The summed E-state index contributed by atoms with van der Waals surface area (Å²) in [5.41, 5.74) is 5.45. The van der Waals surface area contributed by atoms with Crippen LogP contribution in [-0.2, 0) is 9.59 Å². The monoisotopic (exact) mass is 236 g/mol. The molecule has 0 aromatic carbocycles. The number of hydrogen-bond donors (Lipinski definition) is 1. The molecule has 3 atom stereocenters. The lowest BCUT2D eigenvalue weighted by molar-refractivity contribution is -0.160. The third-order valence-corrected chi connectivity index (χ3v) is 4.95. The molecule has 1 heterocycles. The van der Waals surface area contributed by atoms with Crippen molar-refractivity contribution in [1.29, 1.82) is 0 Å². The first-order valence-corrected chi connectivity index (χ1v) is 6.66. The van der Waals surface area contributed by atoms with Crippen LogP contribution >= 0.6 is 0 Å². The summed E-state index contributed by atoms with van der Waals surface area (Å²) < 4.78 is 0. The largest absolute Gasteiger partial charge is 0.328 e. The van der Waals surface area contributed by atoms with Gasteiger partial charge in [-0.25, -0.2) is 0 Å². The van der Waals surface area contributed by atoms with Gasteiger partial charge < -0.3 is 5.73 Å². The molecule has 2 aliphatic carbocycles. The Morgan fingerprint density at radius 2 is 1.71 bits per heavy atom. The number of piperidine rings is 1. The molecule has 4 heteroatoms. The SMILES string of the molecule is CC(CN)(C1CC1)N1C(=O)C2CCC(C2)C1=O. The minimum Gasteiger partial charge on any atom is -0.328 e. The Hall–Kier alpha value is -0.900. The molecule has 2 saturated carbocycles. The van der Waals surface area contributed by atoms with Crippen molar-refractivity contribution in [2.45, 2.75) is 44.6 Å². The highest BCUT2D eigenvalue weighted by atomic mass is 16.2. The van der Waals surface area contributed by atoms with Crippen molar-refractivity contribution in [2.75, 3.05) is 6.54 Å². The average molecular weight is 236 g/mol. The number of imide groups is 1. The highest BCUT2D eigenvalue weighted by Gasteiger charge is 2.55. The summed E-state index contributed by atoms with van der Waals surface area (Å²) in [7, 11) is 0. The number of carbonyl (C=O) groups excluding carboxylic acids is 2.